The zero-order chi connectivity index (χ0) is 20.1. The van der Waals surface area contributed by atoms with Crippen molar-refractivity contribution in [1.29, 1.82) is 0 Å². The number of carbonyl (C=O) groups is 1. The van der Waals surface area contributed by atoms with Gasteiger partial charge in [0, 0.05) is 25.6 Å². The summed E-state index contributed by atoms with van der Waals surface area (Å²) in [5, 5.41) is 0. The second kappa shape index (κ2) is 8.97. The average Bonchev–Trinajstić information content (AvgIpc) is 3.52. The fraction of sp³-hybridized carbons (Fsp3) is 0.571. The van der Waals surface area contributed by atoms with Crippen molar-refractivity contribution in [3.05, 3.63) is 24.3 Å². The lowest BCUT2D eigenvalue weighted by molar-refractivity contribution is -0.136. The van der Waals surface area contributed by atoms with Crippen molar-refractivity contribution in [2.24, 2.45) is 11.8 Å². The molecule has 0 N–H and O–H groups in total. The standard InChI is InChI=1S/C21H28N2O4S/c1-3-13-22(16-17-5-6-17)21(24)18-11-14-23(15-12-18)28(25,26)20-9-7-19(8-10-20)27-4-2/h1,7-10,17-18H,4-6,11-16H2,2H3. The predicted molar refractivity (Wildman–Crippen MR) is 107 cm³/mol. The van der Waals surface area contributed by atoms with Gasteiger partial charge in [0.2, 0.25) is 15.9 Å². The van der Waals surface area contributed by atoms with Crippen molar-refractivity contribution in [2.45, 2.75) is 37.5 Å². The molecule has 1 aromatic rings. The Labute approximate surface area is 167 Å². The van der Waals surface area contributed by atoms with Crippen LogP contribution in [0.15, 0.2) is 29.2 Å². The summed E-state index contributed by atoms with van der Waals surface area (Å²) in [6, 6.07) is 6.48. The number of amides is 1. The van der Waals surface area contributed by atoms with Crippen molar-refractivity contribution < 1.29 is 17.9 Å². The van der Waals surface area contributed by atoms with E-state index in [9.17, 15) is 13.2 Å². The van der Waals surface area contributed by atoms with Gasteiger partial charge >= 0.3 is 0 Å². The van der Waals surface area contributed by atoms with Crippen LogP contribution in [0.5, 0.6) is 5.75 Å². The van der Waals surface area contributed by atoms with Crippen LogP contribution in [0.1, 0.15) is 32.6 Å². The minimum Gasteiger partial charge on any atom is -0.494 e. The fourth-order valence-electron chi connectivity index (χ4n) is 3.58. The number of rotatable bonds is 8. The Hall–Kier alpha value is -2.04. The van der Waals surface area contributed by atoms with Crippen LogP contribution in [0, 0.1) is 24.2 Å². The highest BCUT2D eigenvalue weighted by Crippen LogP contribution is 2.31. The Balaban J connectivity index is 1.60. The van der Waals surface area contributed by atoms with Crippen molar-refractivity contribution in [2.75, 3.05) is 32.8 Å². The highest BCUT2D eigenvalue weighted by Gasteiger charge is 2.35. The molecule has 1 heterocycles. The fourth-order valence-corrected chi connectivity index (χ4v) is 5.05. The van der Waals surface area contributed by atoms with Gasteiger partial charge in [0.15, 0.2) is 0 Å². The first-order chi connectivity index (χ1) is 13.5. The number of sulfonamides is 1. The summed E-state index contributed by atoms with van der Waals surface area (Å²) in [5.74, 6) is 3.73. The number of nitrogens with zero attached hydrogens (tertiary/aromatic N) is 2. The van der Waals surface area contributed by atoms with Gasteiger partial charge in [-0.2, -0.15) is 4.31 Å². The first-order valence-corrected chi connectivity index (χ1v) is 11.3. The maximum Gasteiger partial charge on any atom is 0.243 e. The van der Waals surface area contributed by atoms with E-state index in [1.54, 1.807) is 29.2 Å². The molecule has 1 aliphatic carbocycles. The van der Waals surface area contributed by atoms with Gasteiger partial charge in [-0.1, -0.05) is 5.92 Å². The summed E-state index contributed by atoms with van der Waals surface area (Å²) >= 11 is 0. The van der Waals surface area contributed by atoms with Gasteiger partial charge in [-0.05, 0) is 62.8 Å². The first-order valence-electron chi connectivity index (χ1n) is 9.91. The number of ether oxygens (including phenoxy) is 1. The van der Waals surface area contributed by atoms with E-state index in [1.807, 2.05) is 6.92 Å². The largest absolute Gasteiger partial charge is 0.494 e. The summed E-state index contributed by atoms with van der Waals surface area (Å²) in [7, 11) is -3.56. The monoisotopic (exact) mass is 404 g/mol. The molecule has 0 unspecified atom stereocenters. The Bertz CT molecular complexity index is 817. The second-order valence-corrected chi connectivity index (χ2v) is 9.39. The third kappa shape index (κ3) is 4.86. The van der Waals surface area contributed by atoms with Crippen LogP contribution in [0.3, 0.4) is 0 Å². The van der Waals surface area contributed by atoms with E-state index >= 15 is 0 Å². The molecule has 1 aromatic carbocycles. The second-order valence-electron chi connectivity index (χ2n) is 7.45. The molecule has 1 saturated heterocycles. The van der Waals surface area contributed by atoms with E-state index in [0.717, 1.165) is 19.4 Å². The first kappa shape index (κ1) is 20.7. The van der Waals surface area contributed by atoms with Crippen LogP contribution < -0.4 is 4.74 Å². The van der Waals surface area contributed by atoms with E-state index in [1.165, 1.54) is 4.31 Å². The number of hydrogen-bond donors (Lipinski definition) is 0. The molecule has 0 spiro atoms. The van der Waals surface area contributed by atoms with Gasteiger partial charge in [0.05, 0.1) is 18.0 Å². The maximum absolute atomic E-state index is 12.9. The normalized spacial score (nSPS) is 18.4. The molecule has 1 aliphatic heterocycles. The van der Waals surface area contributed by atoms with E-state index in [-0.39, 0.29) is 16.7 Å². The molecular weight excluding hydrogens is 376 g/mol. The van der Waals surface area contributed by atoms with Crippen LogP contribution in [0.4, 0.5) is 0 Å². The molecule has 0 bridgehead atoms. The van der Waals surface area contributed by atoms with E-state index in [2.05, 4.69) is 5.92 Å². The molecule has 152 valence electrons. The predicted octanol–water partition coefficient (Wildman–Crippen LogP) is 2.36. The molecule has 28 heavy (non-hydrogen) atoms. The molecule has 7 heteroatoms. The van der Waals surface area contributed by atoms with Crippen LogP contribution in [-0.2, 0) is 14.8 Å². The van der Waals surface area contributed by atoms with Gasteiger partial charge in [-0.15, -0.1) is 6.42 Å². The lowest BCUT2D eigenvalue weighted by atomic mass is 9.96. The molecule has 6 nitrogen and oxygen atoms in total. The van der Waals surface area contributed by atoms with E-state index in [0.29, 0.717) is 50.8 Å². The van der Waals surface area contributed by atoms with Crippen LogP contribution in [-0.4, -0.2) is 56.3 Å². The lowest BCUT2D eigenvalue weighted by Gasteiger charge is -2.33. The summed E-state index contributed by atoms with van der Waals surface area (Å²) in [6.45, 7) is 4.17. The molecule has 1 amide bonds. The quantitative estimate of drug-likeness (QED) is 0.624. The van der Waals surface area contributed by atoms with Crippen molar-refractivity contribution in [1.82, 2.24) is 9.21 Å². The molecule has 2 aliphatic rings. The lowest BCUT2D eigenvalue weighted by Crippen LogP contribution is -2.45. The van der Waals surface area contributed by atoms with Gasteiger partial charge in [-0.25, -0.2) is 8.42 Å². The smallest absolute Gasteiger partial charge is 0.243 e. The number of terminal acetylenes is 1. The Kier molecular flexibility index (Phi) is 6.63. The number of hydrogen-bond acceptors (Lipinski definition) is 4. The van der Waals surface area contributed by atoms with Crippen LogP contribution in [0.25, 0.3) is 0 Å². The minimum absolute atomic E-state index is 0.0722. The summed E-state index contributed by atoms with van der Waals surface area (Å²) in [4.78, 5) is 14.9. The van der Waals surface area contributed by atoms with Gasteiger partial charge in [0.1, 0.15) is 5.75 Å². The highest BCUT2D eigenvalue weighted by atomic mass is 32.2. The molecule has 0 atom stereocenters. The van der Waals surface area contributed by atoms with E-state index in [4.69, 9.17) is 11.2 Å². The summed E-state index contributed by atoms with van der Waals surface area (Å²) < 4.78 is 32.6. The molecule has 0 radical (unpaired) electrons. The zero-order valence-electron chi connectivity index (χ0n) is 16.3. The molecule has 3 rings (SSSR count). The number of benzene rings is 1. The summed E-state index contributed by atoms with van der Waals surface area (Å²) in [6.07, 6.45) is 8.80. The van der Waals surface area contributed by atoms with Crippen molar-refractivity contribution in [3.8, 4) is 18.1 Å². The molecular formula is C21H28N2O4S. The van der Waals surface area contributed by atoms with Gasteiger partial charge in [0.25, 0.3) is 0 Å². The van der Waals surface area contributed by atoms with Crippen LogP contribution >= 0.6 is 0 Å². The average molecular weight is 405 g/mol. The van der Waals surface area contributed by atoms with Gasteiger partial charge < -0.3 is 9.64 Å². The molecule has 2 fully saturated rings. The zero-order valence-corrected chi connectivity index (χ0v) is 17.2. The third-order valence-electron chi connectivity index (χ3n) is 5.35. The SMILES string of the molecule is C#CCN(CC1CC1)C(=O)C1CCN(S(=O)(=O)c2ccc(OCC)cc2)CC1. The van der Waals surface area contributed by atoms with Crippen molar-refractivity contribution in [3.63, 3.8) is 0 Å². The number of piperidine rings is 1. The highest BCUT2D eigenvalue weighted by molar-refractivity contribution is 7.89. The molecule has 0 aromatic heterocycles. The maximum atomic E-state index is 12.9. The van der Waals surface area contributed by atoms with E-state index < -0.39 is 10.0 Å². The third-order valence-corrected chi connectivity index (χ3v) is 7.26. The summed E-state index contributed by atoms with van der Waals surface area (Å²) in [5.41, 5.74) is 0. The minimum atomic E-state index is -3.56. The van der Waals surface area contributed by atoms with Gasteiger partial charge in [-0.3, -0.25) is 4.79 Å². The molecule has 1 saturated carbocycles. The number of carbonyl (C=O) groups excluding carboxylic acids is 1. The van der Waals surface area contributed by atoms with Crippen LogP contribution in [0.2, 0.25) is 0 Å². The Morgan fingerprint density at radius 1 is 1.21 bits per heavy atom. The Morgan fingerprint density at radius 3 is 2.39 bits per heavy atom. The Morgan fingerprint density at radius 2 is 1.86 bits per heavy atom. The van der Waals surface area contributed by atoms with Crippen molar-refractivity contribution >= 4 is 15.9 Å². The topological polar surface area (TPSA) is 66.9 Å².